The molecule has 2 aromatic rings. The van der Waals surface area contributed by atoms with Crippen molar-refractivity contribution >= 4 is 28.3 Å². The number of hydrogen-bond donors (Lipinski definition) is 1. The average Bonchev–Trinajstić information content (AvgIpc) is 3.37. The van der Waals surface area contributed by atoms with Gasteiger partial charge in [-0.2, -0.15) is 0 Å². The molecule has 0 saturated heterocycles. The van der Waals surface area contributed by atoms with Gasteiger partial charge >= 0.3 is 0 Å². The Morgan fingerprint density at radius 3 is 2.83 bits per heavy atom. The van der Waals surface area contributed by atoms with Crippen molar-refractivity contribution in [2.45, 2.75) is 32.2 Å². The van der Waals surface area contributed by atoms with Gasteiger partial charge in [-0.1, -0.05) is 24.3 Å². The molecule has 24 heavy (non-hydrogen) atoms. The van der Waals surface area contributed by atoms with E-state index in [4.69, 9.17) is 0 Å². The molecule has 0 bridgehead atoms. The maximum atomic E-state index is 12.5. The second kappa shape index (κ2) is 6.36. The van der Waals surface area contributed by atoms with Crippen molar-refractivity contribution in [1.29, 1.82) is 0 Å². The lowest BCUT2D eigenvalue weighted by Gasteiger charge is -2.28. The van der Waals surface area contributed by atoms with Crippen LogP contribution in [0.5, 0.6) is 0 Å². The summed E-state index contributed by atoms with van der Waals surface area (Å²) in [5.41, 5.74) is 3.29. The number of fused-ring (bicyclic) bond motifs is 1. The van der Waals surface area contributed by atoms with E-state index in [0.717, 1.165) is 31.5 Å². The maximum absolute atomic E-state index is 12.5. The van der Waals surface area contributed by atoms with Crippen LogP contribution in [0.2, 0.25) is 0 Å². The van der Waals surface area contributed by atoms with E-state index in [0.29, 0.717) is 11.7 Å². The largest absolute Gasteiger partial charge is 0.338 e. The van der Waals surface area contributed by atoms with Crippen molar-refractivity contribution in [3.63, 3.8) is 0 Å². The number of thiazole rings is 1. The Morgan fingerprint density at radius 1 is 1.25 bits per heavy atom. The highest BCUT2D eigenvalue weighted by Crippen LogP contribution is 2.30. The highest BCUT2D eigenvalue weighted by Gasteiger charge is 2.30. The Bertz CT molecular complexity index is 782. The summed E-state index contributed by atoms with van der Waals surface area (Å²) in [5.74, 6) is 0.303. The molecule has 1 N–H and O–H groups in total. The van der Waals surface area contributed by atoms with Gasteiger partial charge in [0.1, 0.15) is 0 Å². The third-order valence-corrected chi connectivity index (χ3v) is 5.35. The SMILES string of the molecule is O=C(Nc1nc(CC(=O)N2CCc3ccccc3C2)cs1)C1CC1. The molecule has 0 radical (unpaired) electrons. The van der Waals surface area contributed by atoms with Crippen LogP contribution in [-0.2, 0) is 29.0 Å². The van der Waals surface area contributed by atoms with Gasteiger partial charge in [0.15, 0.2) is 5.13 Å². The lowest BCUT2D eigenvalue weighted by atomic mass is 10.00. The van der Waals surface area contributed by atoms with Crippen molar-refractivity contribution in [3.05, 3.63) is 46.5 Å². The van der Waals surface area contributed by atoms with Gasteiger partial charge in [0.2, 0.25) is 11.8 Å². The molecule has 1 aromatic heterocycles. The lowest BCUT2D eigenvalue weighted by molar-refractivity contribution is -0.131. The molecule has 2 aliphatic rings. The number of benzene rings is 1. The van der Waals surface area contributed by atoms with Crippen LogP contribution in [0.25, 0.3) is 0 Å². The van der Waals surface area contributed by atoms with Gasteiger partial charge in [0, 0.05) is 24.4 Å². The molecule has 1 aliphatic carbocycles. The Morgan fingerprint density at radius 2 is 2.04 bits per heavy atom. The minimum Gasteiger partial charge on any atom is -0.338 e. The predicted octanol–water partition coefficient (Wildman–Crippen LogP) is 2.62. The minimum atomic E-state index is 0.0508. The summed E-state index contributed by atoms with van der Waals surface area (Å²) in [6.45, 7) is 1.43. The summed E-state index contributed by atoms with van der Waals surface area (Å²) in [5, 5.41) is 5.29. The van der Waals surface area contributed by atoms with Crippen LogP contribution in [0.4, 0.5) is 5.13 Å². The summed E-state index contributed by atoms with van der Waals surface area (Å²) in [4.78, 5) is 30.6. The molecule has 1 aromatic carbocycles. The molecule has 124 valence electrons. The number of aromatic nitrogens is 1. The van der Waals surface area contributed by atoms with E-state index in [2.05, 4.69) is 22.4 Å². The van der Waals surface area contributed by atoms with Crippen LogP contribution in [0.3, 0.4) is 0 Å². The number of rotatable bonds is 4. The maximum Gasteiger partial charge on any atom is 0.229 e. The van der Waals surface area contributed by atoms with Crippen molar-refractivity contribution in [2.75, 3.05) is 11.9 Å². The van der Waals surface area contributed by atoms with Crippen molar-refractivity contribution in [1.82, 2.24) is 9.88 Å². The van der Waals surface area contributed by atoms with Crippen LogP contribution >= 0.6 is 11.3 Å². The molecule has 2 amide bonds. The Hall–Kier alpha value is -2.21. The zero-order valence-electron chi connectivity index (χ0n) is 13.3. The number of anilines is 1. The first-order valence-corrected chi connectivity index (χ1v) is 9.17. The van der Waals surface area contributed by atoms with Crippen LogP contribution in [0, 0.1) is 5.92 Å². The van der Waals surface area contributed by atoms with Crippen LogP contribution in [0.1, 0.15) is 29.7 Å². The van der Waals surface area contributed by atoms with E-state index in [1.807, 2.05) is 22.4 Å². The third-order valence-electron chi connectivity index (χ3n) is 4.55. The van der Waals surface area contributed by atoms with E-state index in [-0.39, 0.29) is 24.2 Å². The molecular weight excluding hydrogens is 322 g/mol. The fraction of sp³-hybridized carbons (Fsp3) is 0.389. The highest BCUT2D eigenvalue weighted by molar-refractivity contribution is 7.13. The summed E-state index contributed by atoms with van der Waals surface area (Å²) in [6.07, 6.45) is 3.14. The highest BCUT2D eigenvalue weighted by atomic mass is 32.1. The molecule has 0 unspecified atom stereocenters. The average molecular weight is 341 g/mol. The van der Waals surface area contributed by atoms with Gasteiger partial charge in [-0.25, -0.2) is 4.98 Å². The smallest absolute Gasteiger partial charge is 0.229 e. The number of carbonyl (C=O) groups excluding carboxylic acids is 2. The molecule has 2 heterocycles. The molecule has 1 saturated carbocycles. The second-order valence-electron chi connectivity index (χ2n) is 6.42. The van der Waals surface area contributed by atoms with E-state index >= 15 is 0 Å². The number of carbonyl (C=O) groups is 2. The number of amides is 2. The second-order valence-corrected chi connectivity index (χ2v) is 7.28. The Kier molecular flexibility index (Phi) is 4.06. The van der Waals surface area contributed by atoms with Crippen LogP contribution < -0.4 is 5.32 Å². The third kappa shape index (κ3) is 3.33. The van der Waals surface area contributed by atoms with Crippen LogP contribution in [-0.4, -0.2) is 28.2 Å². The normalized spacial score (nSPS) is 16.6. The van der Waals surface area contributed by atoms with E-state index in [1.165, 1.54) is 22.5 Å². The van der Waals surface area contributed by atoms with Gasteiger partial charge in [0.05, 0.1) is 12.1 Å². The van der Waals surface area contributed by atoms with Gasteiger partial charge in [-0.05, 0) is 30.4 Å². The van der Waals surface area contributed by atoms with Crippen molar-refractivity contribution < 1.29 is 9.59 Å². The van der Waals surface area contributed by atoms with Gasteiger partial charge in [-0.3, -0.25) is 9.59 Å². The standard InChI is InChI=1S/C18H19N3O2S/c22-16(21-8-7-12-3-1-2-4-14(12)10-21)9-15-11-24-18(19-15)20-17(23)13-5-6-13/h1-4,11,13H,5-10H2,(H,19,20,23). The molecule has 1 fully saturated rings. The first-order valence-electron chi connectivity index (χ1n) is 8.29. The van der Waals surface area contributed by atoms with E-state index < -0.39 is 0 Å². The first-order chi connectivity index (χ1) is 11.7. The van der Waals surface area contributed by atoms with E-state index in [1.54, 1.807) is 0 Å². The predicted molar refractivity (Wildman–Crippen MR) is 92.7 cm³/mol. The molecule has 0 spiro atoms. The zero-order chi connectivity index (χ0) is 16.5. The molecule has 6 heteroatoms. The topological polar surface area (TPSA) is 62.3 Å². The van der Waals surface area contributed by atoms with Crippen molar-refractivity contribution in [3.8, 4) is 0 Å². The summed E-state index contributed by atoms with van der Waals surface area (Å²) >= 11 is 1.39. The number of hydrogen-bond acceptors (Lipinski definition) is 4. The Balaban J connectivity index is 1.36. The summed E-state index contributed by atoms with van der Waals surface area (Å²) in [6, 6.07) is 8.28. The zero-order valence-corrected chi connectivity index (χ0v) is 14.1. The van der Waals surface area contributed by atoms with Crippen LogP contribution in [0.15, 0.2) is 29.6 Å². The first kappa shape index (κ1) is 15.3. The van der Waals surface area contributed by atoms with E-state index in [9.17, 15) is 9.59 Å². The van der Waals surface area contributed by atoms with Crippen molar-refractivity contribution in [2.24, 2.45) is 5.92 Å². The molecule has 0 atom stereocenters. The number of nitrogens with one attached hydrogen (secondary N) is 1. The lowest BCUT2D eigenvalue weighted by Crippen LogP contribution is -2.36. The molecule has 5 nitrogen and oxygen atoms in total. The summed E-state index contributed by atoms with van der Waals surface area (Å²) in [7, 11) is 0. The minimum absolute atomic E-state index is 0.0508. The molecule has 1 aliphatic heterocycles. The monoisotopic (exact) mass is 341 g/mol. The van der Waals surface area contributed by atoms with Gasteiger partial charge < -0.3 is 10.2 Å². The Labute approximate surface area is 144 Å². The fourth-order valence-electron chi connectivity index (χ4n) is 2.97. The fourth-order valence-corrected chi connectivity index (χ4v) is 3.69. The summed E-state index contributed by atoms with van der Waals surface area (Å²) < 4.78 is 0. The van der Waals surface area contributed by atoms with Gasteiger partial charge in [-0.15, -0.1) is 11.3 Å². The quantitative estimate of drug-likeness (QED) is 0.930. The number of nitrogens with zero attached hydrogens (tertiary/aromatic N) is 2. The molecule has 4 rings (SSSR count). The van der Waals surface area contributed by atoms with Gasteiger partial charge in [0.25, 0.3) is 0 Å². The molecular formula is C18H19N3O2S.